The molecule has 0 aliphatic heterocycles. The molecular formula is C14H15FN2O2. The minimum Gasteiger partial charge on any atom is -0.451 e. The Hall–Kier alpha value is -2.17. The molecule has 0 radical (unpaired) electrons. The first kappa shape index (κ1) is 13.3. The molecule has 4 nitrogen and oxygen atoms in total. The minimum atomic E-state index is -0.486. The first-order valence-corrected chi connectivity index (χ1v) is 6.03. The number of carbonyl (C=O) groups excluding carboxylic acids is 1. The van der Waals surface area contributed by atoms with Crippen LogP contribution in [0.1, 0.15) is 32.2 Å². The molecular weight excluding hydrogens is 247 g/mol. The number of hydrogen-bond donors (Lipinski definition) is 1. The van der Waals surface area contributed by atoms with Gasteiger partial charge in [-0.05, 0) is 31.5 Å². The molecule has 0 saturated carbocycles. The van der Waals surface area contributed by atoms with Gasteiger partial charge < -0.3 is 9.72 Å². The highest BCUT2D eigenvalue weighted by Crippen LogP contribution is 2.23. The van der Waals surface area contributed by atoms with Crippen molar-refractivity contribution in [1.82, 2.24) is 9.97 Å². The second kappa shape index (κ2) is 5.22. The molecule has 1 N–H and O–H groups in total. The Morgan fingerprint density at radius 3 is 2.95 bits per heavy atom. The van der Waals surface area contributed by atoms with Crippen LogP contribution in [0.5, 0.6) is 0 Å². The van der Waals surface area contributed by atoms with Crippen molar-refractivity contribution in [3.05, 3.63) is 42.0 Å². The van der Waals surface area contributed by atoms with E-state index in [1.165, 1.54) is 12.1 Å². The van der Waals surface area contributed by atoms with Gasteiger partial charge in [-0.2, -0.15) is 0 Å². The first-order chi connectivity index (χ1) is 9.01. The molecule has 1 aromatic heterocycles. The Morgan fingerprint density at radius 2 is 2.32 bits per heavy atom. The Kier molecular flexibility index (Phi) is 3.64. The number of imidazole rings is 1. The Balaban J connectivity index is 2.30. The van der Waals surface area contributed by atoms with E-state index in [1.807, 2.05) is 6.92 Å². The van der Waals surface area contributed by atoms with Crippen molar-refractivity contribution >= 4 is 17.0 Å². The summed E-state index contributed by atoms with van der Waals surface area (Å²) >= 11 is 0. The van der Waals surface area contributed by atoms with Crippen LogP contribution >= 0.6 is 0 Å². The fourth-order valence-electron chi connectivity index (χ4n) is 1.72. The maximum atomic E-state index is 13.1. The highest BCUT2D eigenvalue weighted by atomic mass is 19.1. The van der Waals surface area contributed by atoms with Gasteiger partial charge in [0.2, 0.25) is 0 Å². The third-order valence-electron chi connectivity index (χ3n) is 2.74. The van der Waals surface area contributed by atoms with E-state index < -0.39 is 12.1 Å². The average molecular weight is 262 g/mol. The molecule has 0 aliphatic rings. The van der Waals surface area contributed by atoms with Crippen molar-refractivity contribution in [3.63, 3.8) is 0 Å². The number of benzene rings is 1. The van der Waals surface area contributed by atoms with Gasteiger partial charge in [0.05, 0.1) is 11.0 Å². The van der Waals surface area contributed by atoms with Gasteiger partial charge in [0.25, 0.3) is 0 Å². The predicted molar refractivity (Wildman–Crippen MR) is 70.0 cm³/mol. The third-order valence-corrected chi connectivity index (χ3v) is 2.74. The Morgan fingerprint density at radius 1 is 1.58 bits per heavy atom. The number of esters is 1. The van der Waals surface area contributed by atoms with Gasteiger partial charge in [-0.3, -0.25) is 0 Å². The second-order valence-electron chi connectivity index (χ2n) is 4.37. The molecule has 19 heavy (non-hydrogen) atoms. The lowest BCUT2D eigenvalue weighted by Crippen LogP contribution is -2.12. The molecule has 0 bridgehead atoms. The molecule has 1 unspecified atom stereocenters. The van der Waals surface area contributed by atoms with E-state index in [1.54, 1.807) is 13.0 Å². The van der Waals surface area contributed by atoms with Gasteiger partial charge in [-0.25, -0.2) is 14.2 Å². The molecule has 2 aromatic rings. The zero-order chi connectivity index (χ0) is 14.0. The maximum absolute atomic E-state index is 13.1. The van der Waals surface area contributed by atoms with Crippen LogP contribution in [-0.2, 0) is 9.53 Å². The largest absolute Gasteiger partial charge is 0.451 e. The molecule has 2 rings (SSSR count). The number of ether oxygens (including phenoxy) is 1. The highest BCUT2D eigenvalue weighted by Gasteiger charge is 2.19. The van der Waals surface area contributed by atoms with E-state index >= 15 is 0 Å². The van der Waals surface area contributed by atoms with Crippen LogP contribution in [0.25, 0.3) is 11.0 Å². The Labute approximate surface area is 110 Å². The van der Waals surface area contributed by atoms with E-state index in [4.69, 9.17) is 4.74 Å². The summed E-state index contributed by atoms with van der Waals surface area (Å²) in [5, 5.41) is 0. The fourth-order valence-corrected chi connectivity index (χ4v) is 1.72. The molecule has 0 aliphatic carbocycles. The van der Waals surface area contributed by atoms with Crippen molar-refractivity contribution in [2.24, 2.45) is 0 Å². The second-order valence-corrected chi connectivity index (χ2v) is 4.37. The summed E-state index contributed by atoms with van der Waals surface area (Å²) in [5.74, 6) is -0.286. The summed E-state index contributed by atoms with van der Waals surface area (Å²) in [7, 11) is 0. The number of aromatic amines is 1. The summed E-state index contributed by atoms with van der Waals surface area (Å²) in [6.07, 6.45) is 0.0843. The summed E-state index contributed by atoms with van der Waals surface area (Å²) in [6.45, 7) is 7.00. The van der Waals surface area contributed by atoms with Gasteiger partial charge >= 0.3 is 5.97 Å². The van der Waals surface area contributed by atoms with Gasteiger partial charge in [0, 0.05) is 5.57 Å². The lowest BCUT2D eigenvalue weighted by atomic mass is 10.2. The number of aromatic nitrogens is 2. The molecule has 100 valence electrons. The van der Waals surface area contributed by atoms with Crippen molar-refractivity contribution in [1.29, 1.82) is 0 Å². The molecule has 0 fully saturated rings. The van der Waals surface area contributed by atoms with Crippen LogP contribution in [0, 0.1) is 5.82 Å². The number of nitrogens with zero attached hydrogens (tertiary/aromatic N) is 1. The molecule has 0 amide bonds. The maximum Gasteiger partial charge on any atom is 0.333 e. The first-order valence-electron chi connectivity index (χ1n) is 6.03. The smallest absolute Gasteiger partial charge is 0.333 e. The van der Waals surface area contributed by atoms with Crippen molar-refractivity contribution < 1.29 is 13.9 Å². The fraction of sp³-hybridized carbons (Fsp3) is 0.286. The monoisotopic (exact) mass is 262 g/mol. The zero-order valence-corrected chi connectivity index (χ0v) is 10.9. The summed E-state index contributed by atoms with van der Waals surface area (Å²) in [5.41, 5.74) is 1.56. The van der Waals surface area contributed by atoms with Crippen LogP contribution in [0.3, 0.4) is 0 Å². The lowest BCUT2D eigenvalue weighted by Gasteiger charge is -2.13. The van der Waals surface area contributed by atoms with Gasteiger partial charge in [-0.15, -0.1) is 0 Å². The molecule has 1 aromatic carbocycles. The summed E-state index contributed by atoms with van der Waals surface area (Å²) < 4.78 is 18.4. The summed E-state index contributed by atoms with van der Waals surface area (Å²) in [6, 6.07) is 4.28. The van der Waals surface area contributed by atoms with E-state index in [9.17, 15) is 9.18 Å². The predicted octanol–water partition coefficient (Wildman–Crippen LogP) is 3.27. The number of carbonyl (C=O) groups is 1. The highest BCUT2D eigenvalue weighted by molar-refractivity contribution is 5.87. The third kappa shape index (κ3) is 2.81. The molecule has 1 atom stereocenters. The van der Waals surface area contributed by atoms with Crippen LogP contribution in [-0.4, -0.2) is 15.9 Å². The molecule has 1 heterocycles. The summed E-state index contributed by atoms with van der Waals surface area (Å²) in [4.78, 5) is 18.8. The van der Waals surface area contributed by atoms with Crippen LogP contribution in [0.2, 0.25) is 0 Å². The SMILES string of the molecule is C=C(C)C(=O)OC(CC)c1nc2ccc(F)cc2[nH]1. The standard InChI is InChI=1S/C14H15FN2O2/c1-4-12(19-14(18)8(2)3)13-16-10-6-5-9(15)7-11(10)17-13/h5-7,12H,2,4H2,1,3H3,(H,16,17). The van der Waals surface area contributed by atoms with Gasteiger partial charge in [0.15, 0.2) is 6.10 Å². The normalized spacial score (nSPS) is 12.4. The number of nitrogens with one attached hydrogen (secondary N) is 1. The van der Waals surface area contributed by atoms with Crippen LogP contribution in [0.4, 0.5) is 4.39 Å². The van der Waals surface area contributed by atoms with Crippen LogP contribution < -0.4 is 0 Å². The number of rotatable bonds is 4. The number of hydrogen-bond acceptors (Lipinski definition) is 3. The lowest BCUT2D eigenvalue weighted by molar-refractivity contribution is -0.145. The van der Waals surface area contributed by atoms with E-state index in [-0.39, 0.29) is 5.82 Å². The molecule has 0 spiro atoms. The van der Waals surface area contributed by atoms with Crippen molar-refractivity contribution in [2.45, 2.75) is 26.4 Å². The van der Waals surface area contributed by atoms with Crippen LogP contribution in [0.15, 0.2) is 30.4 Å². The zero-order valence-electron chi connectivity index (χ0n) is 10.9. The van der Waals surface area contributed by atoms with Crippen molar-refractivity contribution in [2.75, 3.05) is 0 Å². The van der Waals surface area contributed by atoms with Crippen molar-refractivity contribution in [3.8, 4) is 0 Å². The number of fused-ring (bicyclic) bond motifs is 1. The topological polar surface area (TPSA) is 55.0 Å². The number of H-pyrrole nitrogens is 1. The van der Waals surface area contributed by atoms with E-state index in [0.717, 1.165) is 0 Å². The van der Waals surface area contributed by atoms with Gasteiger partial charge in [-0.1, -0.05) is 13.5 Å². The van der Waals surface area contributed by atoms with E-state index in [2.05, 4.69) is 16.5 Å². The molecule has 5 heteroatoms. The number of halogens is 1. The minimum absolute atomic E-state index is 0.334. The van der Waals surface area contributed by atoms with Gasteiger partial charge in [0.1, 0.15) is 11.6 Å². The van der Waals surface area contributed by atoms with E-state index in [0.29, 0.717) is 28.9 Å². The Bertz CT molecular complexity index is 633. The average Bonchev–Trinajstić information content (AvgIpc) is 2.77. The quantitative estimate of drug-likeness (QED) is 0.679. The molecule has 0 saturated heterocycles.